The fourth-order valence-electron chi connectivity index (χ4n) is 2.46. The van der Waals surface area contributed by atoms with Gasteiger partial charge in [-0.3, -0.25) is 14.9 Å². The molecule has 1 saturated heterocycles. The maximum Gasteiger partial charge on any atom is 0.292 e. The predicted octanol–water partition coefficient (Wildman–Crippen LogP) is 1.16. The second-order valence-electron chi connectivity index (χ2n) is 5.32. The minimum atomic E-state index is -0.927. The van der Waals surface area contributed by atoms with Crippen LogP contribution in [-0.2, 0) is 0 Å². The molecule has 1 aliphatic rings. The molecule has 1 unspecified atom stereocenters. The predicted molar refractivity (Wildman–Crippen MR) is 73.3 cm³/mol. The third kappa shape index (κ3) is 2.72. The lowest BCUT2D eigenvalue weighted by Gasteiger charge is -2.37. The summed E-state index contributed by atoms with van der Waals surface area (Å²) in [4.78, 5) is 24.1. The van der Waals surface area contributed by atoms with Crippen LogP contribution in [0.15, 0.2) is 18.2 Å². The third-order valence-electron chi connectivity index (χ3n) is 3.47. The second kappa shape index (κ2) is 5.09. The average molecular weight is 279 g/mol. The topological polar surface area (TPSA) is 110 Å². The molecule has 1 fully saturated rings. The van der Waals surface area contributed by atoms with Gasteiger partial charge in [0.2, 0.25) is 0 Å². The molecule has 3 N–H and O–H groups in total. The van der Waals surface area contributed by atoms with Gasteiger partial charge >= 0.3 is 0 Å². The Labute approximate surface area is 116 Å². The number of piperidine rings is 1. The molecule has 1 heterocycles. The Balaban J connectivity index is 2.30. The molecule has 0 aliphatic carbocycles. The van der Waals surface area contributed by atoms with Crippen LogP contribution in [0, 0.1) is 10.1 Å². The molecule has 2 rings (SSSR count). The molecule has 0 radical (unpaired) electrons. The number of benzene rings is 1. The van der Waals surface area contributed by atoms with Gasteiger partial charge in [0, 0.05) is 19.2 Å². The van der Waals surface area contributed by atoms with Crippen LogP contribution in [-0.4, -0.2) is 39.5 Å². The number of amides is 1. The molecule has 108 valence electrons. The van der Waals surface area contributed by atoms with E-state index in [0.29, 0.717) is 19.4 Å². The summed E-state index contributed by atoms with van der Waals surface area (Å²) >= 11 is 0. The first-order valence-electron chi connectivity index (χ1n) is 6.36. The van der Waals surface area contributed by atoms with Gasteiger partial charge in [0.05, 0.1) is 16.1 Å². The van der Waals surface area contributed by atoms with Crippen molar-refractivity contribution in [2.24, 2.45) is 0 Å². The van der Waals surface area contributed by atoms with Gasteiger partial charge in [-0.2, -0.15) is 0 Å². The third-order valence-corrected chi connectivity index (χ3v) is 3.47. The number of nitrogens with zero attached hydrogens (tertiary/aromatic N) is 2. The second-order valence-corrected chi connectivity index (χ2v) is 5.32. The number of nitro groups is 1. The lowest BCUT2D eigenvalue weighted by Crippen LogP contribution is -2.48. The van der Waals surface area contributed by atoms with Crippen molar-refractivity contribution in [2.45, 2.75) is 25.4 Å². The monoisotopic (exact) mass is 279 g/mol. The smallest absolute Gasteiger partial charge is 0.292 e. The van der Waals surface area contributed by atoms with Crippen LogP contribution < -0.4 is 5.73 Å². The number of nitrogens with two attached hydrogens (primary N) is 1. The molecular weight excluding hydrogens is 262 g/mol. The van der Waals surface area contributed by atoms with Crippen molar-refractivity contribution < 1.29 is 14.8 Å². The van der Waals surface area contributed by atoms with Crippen molar-refractivity contribution >= 4 is 17.3 Å². The van der Waals surface area contributed by atoms with Crippen LogP contribution in [0.25, 0.3) is 0 Å². The number of hydrogen-bond donors (Lipinski definition) is 2. The largest absolute Gasteiger partial charge is 0.393 e. The molecule has 1 aromatic carbocycles. The van der Waals surface area contributed by atoms with E-state index < -0.39 is 10.5 Å². The SMILES string of the molecule is CC1(O)CCCN(C(=O)c2cccc([N+](=O)[O-])c2N)C1. The summed E-state index contributed by atoms with van der Waals surface area (Å²) in [6.07, 6.45) is 1.31. The standard InChI is InChI=1S/C13H17N3O4/c1-13(18)6-3-7-15(8-13)12(17)9-4-2-5-10(11(9)14)16(19)20/h2,4-5,18H,3,6-8,14H2,1H3. The number of hydrogen-bond acceptors (Lipinski definition) is 5. The van der Waals surface area contributed by atoms with Crippen LogP contribution >= 0.6 is 0 Å². The zero-order valence-corrected chi connectivity index (χ0v) is 11.2. The maximum absolute atomic E-state index is 12.4. The van der Waals surface area contributed by atoms with Crippen LogP contribution in [0.3, 0.4) is 0 Å². The first-order chi connectivity index (χ1) is 9.32. The Morgan fingerprint density at radius 3 is 2.85 bits per heavy atom. The Hall–Kier alpha value is -2.15. The Morgan fingerprint density at radius 1 is 1.55 bits per heavy atom. The molecule has 20 heavy (non-hydrogen) atoms. The first kappa shape index (κ1) is 14.3. The van der Waals surface area contributed by atoms with E-state index >= 15 is 0 Å². The van der Waals surface area contributed by atoms with E-state index in [9.17, 15) is 20.0 Å². The van der Waals surface area contributed by atoms with Crippen molar-refractivity contribution in [2.75, 3.05) is 18.8 Å². The minimum absolute atomic E-state index is 0.108. The normalized spacial score (nSPS) is 22.6. The summed E-state index contributed by atoms with van der Waals surface area (Å²) in [5, 5.41) is 20.9. The first-order valence-corrected chi connectivity index (χ1v) is 6.36. The Bertz CT molecular complexity index is 557. The van der Waals surface area contributed by atoms with E-state index in [1.807, 2.05) is 0 Å². The van der Waals surface area contributed by atoms with Gasteiger partial charge in [-0.05, 0) is 25.8 Å². The van der Waals surface area contributed by atoms with Gasteiger partial charge < -0.3 is 15.7 Å². The van der Waals surface area contributed by atoms with E-state index in [4.69, 9.17) is 5.73 Å². The number of carbonyl (C=O) groups is 1. The number of rotatable bonds is 2. The van der Waals surface area contributed by atoms with Gasteiger partial charge in [-0.1, -0.05) is 6.07 Å². The number of aliphatic hydroxyl groups is 1. The average Bonchev–Trinajstić information content (AvgIpc) is 2.36. The van der Waals surface area contributed by atoms with Crippen molar-refractivity contribution in [3.05, 3.63) is 33.9 Å². The molecule has 7 heteroatoms. The number of likely N-dealkylation sites (tertiary alicyclic amines) is 1. The zero-order valence-electron chi connectivity index (χ0n) is 11.2. The lowest BCUT2D eigenvalue weighted by atomic mass is 9.94. The molecule has 1 atom stereocenters. The molecule has 0 bridgehead atoms. The van der Waals surface area contributed by atoms with E-state index in [-0.39, 0.29) is 29.4 Å². The van der Waals surface area contributed by atoms with Crippen molar-refractivity contribution in [3.8, 4) is 0 Å². The highest BCUT2D eigenvalue weighted by atomic mass is 16.6. The summed E-state index contributed by atoms with van der Waals surface area (Å²) < 4.78 is 0. The number of carbonyl (C=O) groups excluding carboxylic acids is 1. The fraction of sp³-hybridized carbons (Fsp3) is 0.462. The number of nitro benzene ring substituents is 1. The van der Waals surface area contributed by atoms with E-state index in [1.165, 1.54) is 23.1 Å². The zero-order chi connectivity index (χ0) is 14.9. The highest BCUT2D eigenvalue weighted by Gasteiger charge is 2.32. The number of nitrogen functional groups attached to an aromatic ring is 1. The Kier molecular flexibility index (Phi) is 3.63. The molecular formula is C13H17N3O4. The van der Waals surface area contributed by atoms with Gasteiger partial charge in [0.15, 0.2) is 0 Å². The van der Waals surface area contributed by atoms with Gasteiger partial charge in [-0.25, -0.2) is 0 Å². The number of para-hydroxylation sites is 1. The van der Waals surface area contributed by atoms with Crippen LogP contribution in [0.1, 0.15) is 30.1 Å². The number of β-amino-alcohol motifs (C(OH)–C–C–N with tert-alkyl or cyclic N) is 1. The minimum Gasteiger partial charge on any atom is -0.393 e. The molecule has 1 aromatic rings. The number of anilines is 1. The van der Waals surface area contributed by atoms with E-state index in [2.05, 4.69) is 0 Å². The van der Waals surface area contributed by atoms with E-state index in [1.54, 1.807) is 6.92 Å². The van der Waals surface area contributed by atoms with Crippen molar-refractivity contribution in [3.63, 3.8) is 0 Å². The molecule has 7 nitrogen and oxygen atoms in total. The fourth-order valence-corrected chi connectivity index (χ4v) is 2.46. The highest BCUT2D eigenvalue weighted by molar-refractivity contribution is 6.01. The van der Waals surface area contributed by atoms with Crippen LogP contribution in [0.4, 0.5) is 11.4 Å². The summed E-state index contributed by atoms with van der Waals surface area (Å²) in [6.45, 7) is 2.38. The van der Waals surface area contributed by atoms with Crippen molar-refractivity contribution in [1.82, 2.24) is 4.90 Å². The van der Waals surface area contributed by atoms with Gasteiger partial charge in [0.1, 0.15) is 5.69 Å². The Morgan fingerprint density at radius 2 is 2.25 bits per heavy atom. The summed E-state index contributed by atoms with van der Waals surface area (Å²) in [5.41, 5.74) is 4.48. The van der Waals surface area contributed by atoms with Gasteiger partial charge in [0.25, 0.3) is 11.6 Å². The van der Waals surface area contributed by atoms with Crippen molar-refractivity contribution in [1.29, 1.82) is 0 Å². The molecule has 1 amide bonds. The molecule has 0 spiro atoms. The molecule has 0 saturated carbocycles. The van der Waals surface area contributed by atoms with E-state index in [0.717, 1.165) is 0 Å². The quantitative estimate of drug-likeness (QED) is 0.479. The summed E-state index contributed by atoms with van der Waals surface area (Å²) in [5.74, 6) is -0.383. The maximum atomic E-state index is 12.4. The summed E-state index contributed by atoms with van der Waals surface area (Å²) in [7, 11) is 0. The lowest BCUT2D eigenvalue weighted by molar-refractivity contribution is -0.383. The van der Waals surface area contributed by atoms with Crippen LogP contribution in [0.5, 0.6) is 0 Å². The molecule has 1 aliphatic heterocycles. The summed E-state index contributed by atoms with van der Waals surface area (Å²) in [6, 6.07) is 4.16. The molecule has 0 aromatic heterocycles. The van der Waals surface area contributed by atoms with Gasteiger partial charge in [-0.15, -0.1) is 0 Å². The highest BCUT2D eigenvalue weighted by Crippen LogP contribution is 2.28. The van der Waals surface area contributed by atoms with Crippen LogP contribution in [0.2, 0.25) is 0 Å².